The van der Waals surface area contributed by atoms with Gasteiger partial charge in [-0.15, -0.1) is 0 Å². The first kappa shape index (κ1) is 31.8. The zero-order valence-corrected chi connectivity index (χ0v) is 26.7. The minimum atomic E-state index is -0.0884. The maximum Gasteiger partial charge on any atom is 0.260 e. The van der Waals surface area contributed by atoms with Crippen molar-refractivity contribution in [1.29, 1.82) is 0 Å². The van der Waals surface area contributed by atoms with Crippen LogP contribution < -0.4 is 18.9 Å². The number of ether oxygens (including phenoxy) is 4. The van der Waals surface area contributed by atoms with Crippen LogP contribution in [0.15, 0.2) is 69.8 Å². The van der Waals surface area contributed by atoms with Gasteiger partial charge in [0.15, 0.2) is 28.8 Å². The summed E-state index contributed by atoms with van der Waals surface area (Å²) in [6.07, 6.45) is 16.0. The zero-order valence-electron chi connectivity index (χ0n) is 26.7. The van der Waals surface area contributed by atoms with E-state index < -0.39 is 0 Å². The predicted molar refractivity (Wildman–Crippen MR) is 176 cm³/mol. The highest BCUT2D eigenvalue weighted by Gasteiger charge is 2.32. The third kappa shape index (κ3) is 7.53. The maximum atomic E-state index is 13.2. The first-order chi connectivity index (χ1) is 21.8. The van der Waals surface area contributed by atoms with E-state index >= 15 is 0 Å². The van der Waals surface area contributed by atoms with Crippen LogP contribution in [0.5, 0.6) is 23.0 Å². The molecule has 5 rings (SSSR count). The summed E-state index contributed by atoms with van der Waals surface area (Å²) in [6, 6.07) is 6.92. The van der Waals surface area contributed by atoms with Crippen molar-refractivity contribution >= 4 is 35.5 Å². The molecule has 3 aliphatic rings. The van der Waals surface area contributed by atoms with Gasteiger partial charge in [-0.3, -0.25) is 19.6 Å². The van der Waals surface area contributed by atoms with Crippen molar-refractivity contribution in [1.82, 2.24) is 4.90 Å². The molecule has 2 aliphatic heterocycles. The number of benzene rings is 2. The second-order valence-corrected chi connectivity index (χ2v) is 11.6. The quantitative estimate of drug-likeness (QED) is 0.131. The second-order valence-electron chi connectivity index (χ2n) is 11.6. The van der Waals surface area contributed by atoms with E-state index in [2.05, 4.69) is 29.1 Å². The summed E-state index contributed by atoms with van der Waals surface area (Å²) < 4.78 is 23.2. The molecule has 2 atom stereocenters. The van der Waals surface area contributed by atoms with E-state index in [1.54, 1.807) is 43.4 Å². The van der Waals surface area contributed by atoms with Gasteiger partial charge >= 0.3 is 0 Å². The van der Waals surface area contributed by atoms with Crippen LogP contribution in [0.25, 0.3) is 0 Å². The average molecular weight is 612 g/mol. The molecule has 45 heavy (non-hydrogen) atoms. The Morgan fingerprint density at radius 1 is 0.956 bits per heavy atom. The summed E-state index contributed by atoms with van der Waals surface area (Å²) in [4.78, 5) is 36.6. The summed E-state index contributed by atoms with van der Waals surface area (Å²) in [5.41, 5.74) is 4.59. The first-order valence-corrected chi connectivity index (χ1v) is 15.4. The Hall–Kier alpha value is -4.66. The lowest BCUT2D eigenvalue weighted by molar-refractivity contribution is 0.0817. The molecule has 9 nitrogen and oxygen atoms in total. The molecule has 0 saturated heterocycles. The Bertz CT molecular complexity index is 1600. The van der Waals surface area contributed by atoms with Crippen LogP contribution in [-0.2, 0) is 0 Å². The minimum absolute atomic E-state index is 0.0604. The molecule has 0 spiro atoms. The van der Waals surface area contributed by atoms with Crippen molar-refractivity contribution in [2.24, 2.45) is 15.9 Å². The number of Topliss-reactive ketones (excluding diaryl/α,β-unsaturated/α-hetero) is 1. The lowest BCUT2D eigenvalue weighted by Crippen LogP contribution is -2.32. The van der Waals surface area contributed by atoms with Gasteiger partial charge in [0.25, 0.3) is 5.91 Å². The number of ketones is 1. The number of rotatable bonds is 13. The van der Waals surface area contributed by atoms with Gasteiger partial charge in [-0.05, 0) is 65.0 Å². The van der Waals surface area contributed by atoms with Gasteiger partial charge in [0.05, 0.1) is 50.4 Å². The monoisotopic (exact) mass is 611 g/mol. The fraction of sp³-hybridized carbons (Fsp3) is 0.389. The summed E-state index contributed by atoms with van der Waals surface area (Å²) in [7, 11) is 3.13. The topological polar surface area (TPSA) is 99.0 Å². The normalized spacial score (nSPS) is 18.7. The molecule has 2 heterocycles. The molecule has 1 aliphatic carbocycles. The highest BCUT2D eigenvalue weighted by Crippen LogP contribution is 2.39. The van der Waals surface area contributed by atoms with Gasteiger partial charge in [0.1, 0.15) is 0 Å². The molecule has 0 bridgehead atoms. The van der Waals surface area contributed by atoms with Gasteiger partial charge in [-0.2, -0.15) is 0 Å². The van der Waals surface area contributed by atoms with Gasteiger partial charge in [0, 0.05) is 42.2 Å². The minimum Gasteiger partial charge on any atom is -0.493 e. The Kier molecular flexibility index (Phi) is 10.2. The number of carbonyl (C=O) groups is 2. The third-order valence-electron chi connectivity index (χ3n) is 8.05. The molecule has 9 heteroatoms. The molecule has 0 radical (unpaired) electrons. The van der Waals surface area contributed by atoms with Crippen molar-refractivity contribution in [3.63, 3.8) is 0 Å². The predicted octanol–water partition coefficient (Wildman–Crippen LogP) is 7.59. The van der Waals surface area contributed by atoms with Gasteiger partial charge in [-0.1, -0.05) is 29.4 Å². The maximum absolute atomic E-state index is 13.2. The first-order valence-electron chi connectivity index (χ1n) is 15.4. The Balaban J connectivity index is 1.15. The summed E-state index contributed by atoms with van der Waals surface area (Å²) in [5.74, 6) is 2.13. The number of fused-ring (bicyclic) bond motifs is 2. The van der Waals surface area contributed by atoms with E-state index in [-0.39, 0.29) is 23.7 Å². The number of allylic oxidation sites excluding steroid dienone is 4. The van der Waals surface area contributed by atoms with Crippen LogP contribution >= 0.6 is 0 Å². The molecule has 0 aromatic heterocycles. The van der Waals surface area contributed by atoms with Crippen molar-refractivity contribution in [2.75, 3.05) is 27.4 Å². The third-order valence-corrected chi connectivity index (χ3v) is 8.05. The lowest BCUT2D eigenvalue weighted by atomic mass is 9.96. The smallest absolute Gasteiger partial charge is 0.260 e. The Morgan fingerprint density at radius 2 is 1.67 bits per heavy atom. The summed E-state index contributed by atoms with van der Waals surface area (Å²) in [5, 5.41) is 0. The number of carbonyl (C=O) groups excluding carboxylic acids is 2. The number of nitrogens with zero attached hydrogens (tertiary/aromatic N) is 3. The van der Waals surface area contributed by atoms with E-state index in [0.717, 1.165) is 37.7 Å². The number of aliphatic imine (C=N–C) groups is 2. The summed E-state index contributed by atoms with van der Waals surface area (Å²) in [6.45, 7) is 6.59. The number of amides is 1. The van der Waals surface area contributed by atoms with Crippen molar-refractivity contribution in [3.05, 3.63) is 71.0 Å². The molecule has 0 unspecified atom stereocenters. The van der Waals surface area contributed by atoms with Crippen LogP contribution in [-0.4, -0.2) is 62.5 Å². The second kappa shape index (κ2) is 14.4. The highest BCUT2D eigenvalue weighted by molar-refractivity contribution is 6.04. The number of unbranched alkanes of at least 4 members (excludes halogenated alkanes) is 2. The molecule has 2 aromatic rings. The Morgan fingerprint density at radius 3 is 2.36 bits per heavy atom. The van der Waals surface area contributed by atoms with Crippen molar-refractivity contribution < 1.29 is 28.5 Å². The largest absolute Gasteiger partial charge is 0.493 e. The van der Waals surface area contributed by atoms with E-state index in [4.69, 9.17) is 18.9 Å². The van der Waals surface area contributed by atoms with Crippen LogP contribution in [0.3, 0.4) is 0 Å². The SMILES string of the molecule is COc1cc(C(C)=O)c(N=C[C@H]2C=CC=C(C)C2)cc1OCCCCCOc1cc2c(cc1OC)C(=O)N1C=C(C)C[C@H]1C=N2. The number of hydrogen-bond donors (Lipinski definition) is 0. The standard InChI is InChI=1S/C36H41N3O6/c1-23-10-9-11-26(14-23)20-37-30-18-34(32(42-4)16-28(30)25(3)40)44-12-7-6-8-13-45-35-19-31-29(17-33(35)43-5)36(41)39-22-24(2)15-27(39)21-38-31/h9-11,16-22,26-27H,6-8,12-15H2,1-5H3/t26-,27-/m0/s1. The summed E-state index contributed by atoms with van der Waals surface area (Å²) >= 11 is 0. The molecule has 0 N–H and O–H groups in total. The molecule has 0 fully saturated rings. The van der Waals surface area contributed by atoms with E-state index in [0.29, 0.717) is 58.7 Å². The molecule has 2 aromatic carbocycles. The zero-order chi connectivity index (χ0) is 31.9. The lowest BCUT2D eigenvalue weighted by Gasteiger charge is -2.19. The number of hydrogen-bond acceptors (Lipinski definition) is 8. The van der Waals surface area contributed by atoms with Gasteiger partial charge < -0.3 is 23.8 Å². The molecule has 236 valence electrons. The van der Waals surface area contributed by atoms with E-state index in [9.17, 15) is 9.59 Å². The van der Waals surface area contributed by atoms with Crippen molar-refractivity contribution in [3.8, 4) is 23.0 Å². The van der Waals surface area contributed by atoms with Gasteiger partial charge in [0.2, 0.25) is 0 Å². The Labute approximate surface area is 264 Å². The number of methoxy groups -OCH3 is 2. The van der Waals surface area contributed by atoms with Crippen molar-refractivity contribution in [2.45, 2.75) is 58.9 Å². The molecule has 1 amide bonds. The van der Waals surface area contributed by atoms with E-state index in [1.165, 1.54) is 12.5 Å². The molecular formula is C36H41N3O6. The van der Waals surface area contributed by atoms with Crippen LogP contribution in [0.1, 0.15) is 73.6 Å². The molecular weight excluding hydrogens is 570 g/mol. The van der Waals surface area contributed by atoms with Crippen LogP contribution in [0.4, 0.5) is 11.4 Å². The molecule has 0 saturated carbocycles. The van der Waals surface area contributed by atoms with Crippen LogP contribution in [0, 0.1) is 5.92 Å². The fourth-order valence-corrected chi connectivity index (χ4v) is 5.66. The average Bonchev–Trinajstić information content (AvgIpc) is 3.36. The van der Waals surface area contributed by atoms with Crippen LogP contribution in [0.2, 0.25) is 0 Å². The van der Waals surface area contributed by atoms with Gasteiger partial charge in [-0.25, -0.2) is 0 Å². The van der Waals surface area contributed by atoms with E-state index in [1.807, 2.05) is 31.6 Å². The fourth-order valence-electron chi connectivity index (χ4n) is 5.66. The highest BCUT2D eigenvalue weighted by atomic mass is 16.5.